The molecule has 118 valence electrons. The van der Waals surface area contributed by atoms with Gasteiger partial charge in [-0.25, -0.2) is 0 Å². The third kappa shape index (κ3) is 4.35. The van der Waals surface area contributed by atoms with Gasteiger partial charge >= 0.3 is 0 Å². The number of hydrogen-bond donors (Lipinski definition) is 1. The van der Waals surface area contributed by atoms with Crippen molar-refractivity contribution in [3.8, 4) is 0 Å². The highest BCUT2D eigenvalue weighted by atomic mass is 16.5. The highest BCUT2D eigenvalue weighted by Gasteiger charge is 2.11. The van der Waals surface area contributed by atoms with Crippen LogP contribution in [0.1, 0.15) is 23.4 Å². The first-order chi connectivity index (χ1) is 10.6. The molecule has 0 aliphatic carbocycles. The molecule has 0 saturated carbocycles. The maximum atomic E-state index is 11.9. The zero-order valence-electron chi connectivity index (χ0n) is 13.4. The smallest absolute Gasteiger partial charge is 0.220 e. The van der Waals surface area contributed by atoms with Gasteiger partial charge in [-0.3, -0.25) is 4.79 Å². The number of nitrogens with zero attached hydrogens (tertiary/aromatic N) is 2. The van der Waals surface area contributed by atoms with Gasteiger partial charge in [-0.15, -0.1) is 0 Å². The molecule has 1 aromatic carbocycles. The van der Waals surface area contributed by atoms with Crippen molar-refractivity contribution in [2.24, 2.45) is 0 Å². The van der Waals surface area contributed by atoms with E-state index in [0.717, 1.165) is 29.2 Å². The van der Waals surface area contributed by atoms with Crippen LogP contribution < -0.4 is 10.2 Å². The summed E-state index contributed by atoms with van der Waals surface area (Å²) < 4.78 is 5.10. The first-order valence-corrected chi connectivity index (χ1v) is 7.52. The minimum atomic E-state index is 0.0569. The molecular formula is C17H23N3O2. The van der Waals surface area contributed by atoms with Crippen LogP contribution in [0.4, 0.5) is 5.69 Å². The molecule has 0 saturated heterocycles. The standard InChI is InChI=1S/C17H23N3O2/c1-13-16(14(2)22-19-13)9-10-17(21)18-11-12-20(3)15-7-5-4-6-8-15/h4-8H,9-12H2,1-3H3,(H,18,21). The van der Waals surface area contributed by atoms with E-state index >= 15 is 0 Å². The maximum Gasteiger partial charge on any atom is 0.220 e. The van der Waals surface area contributed by atoms with E-state index in [1.54, 1.807) is 0 Å². The summed E-state index contributed by atoms with van der Waals surface area (Å²) in [5.41, 5.74) is 3.05. The lowest BCUT2D eigenvalue weighted by atomic mass is 10.1. The zero-order valence-corrected chi connectivity index (χ0v) is 13.4. The molecule has 0 bridgehead atoms. The predicted molar refractivity (Wildman–Crippen MR) is 87.0 cm³/mol. The summed E-state index contributed by atoms with van der Waals surface area (Å²) in [6.45, 7) is 5.19. The maximum absolute atomic E-state index is 11.9. The second kappa shape index (κ2) is 7.64. The number of rotatable bonds is 7. The van der Waals surface area contributed by atoms with Gasteiger partial charge in [0, 0.05) is 37.8 Å². The lowest BCUT2D eigenvalue weighted by Gasteiger charge is -2.19. The number of anilines is 1. The number of aromatic nitrogens is 1. The molecule has 1 amide bonds. The van der Waals surface area contributed by atoms with E-state index in [9.17, 15) is 4.79 Å². The van der Waals surface area contributed by atoms with Crippen LogP contribution in [0.2, 0.25) is 0 Å². The fourth-order valence-corrected chi connectivity index (χ4v) is 2.36. The number of carbonyl (C=O) groups excluding carboxylic acids is 1. The molecule has 2 aromatic rings. The second-order valence-corrected chi connectivity index (χ2v) is 5.41. The summed E-state index contributed by atoms with van der Waals surface area (Å²) in [5, 5.41) is 6.85. The molecule has 1 heterocycles. The summed E-state index contributed by atoms with van der Waals surface area (Å²) in [5.74, 6) is 0.857. The van der Waals surface area contributed by atoms with E-state index in [2.05, 4.69) is 27.5 Å². The lowest BCUT2D eigenvalue weighted by Crippen LogP contribution is -2.33. The first kappa shape index (κ1) is 16.1. The molecule has 2 rings (SSSR count). The van der Waals surface area contributed by atoms with Crippen LogP contribution in [-0.4, -0.2) is 31.2 Å². The molecule has 5 nitrogen and oxygen atoms in total. The summed E-state index contributed by atoms with van der Waals surface area (Å²) in [6, 6.07) is 10.1. The highest BCUT2D eigenvalue weighted by Crippen LogP contribution is 2.14. The summed E-state index contributed by atoms with van der Waals surface area (Å²) in [7, 11) is 2.02. The first-order valence-electron chi connectivity index (χ1n) is 7.52. The van der Waals surface area contributed by atoms with Crippen LogP contribution >= 0.6 is 0 Å². The number of amides is 1. The van der Waals surface area contributed by atoms with Gasteiger partial charge in [0.25, 0.3) is 0 Å². The highest BCUT2D eigenvalue weighted by molar-refractivity contribution is 5.76. The van der Waals surface area contributed by atoms with Crippen molar-refractivity contribution in [3.63, 3.8) is 0 Å². The number of para-hydroxylation sites is 1. The van der Waals surface area contributed by atoms with Crippen molar-refractivity contribution in [1.29, 1.82) is 0 Å². The molecule has 5 heteroatoms. The Morgan fingerprint density at radius 3 is 2.64 bits per heavy atom. The molecule has 0 fully saturated rings. The van der Waals surface area contributed by atoms with Gasteiger partial charge in [-0.1, -0.05) is 23.4 Å². The normalized spacial score (nSPS) is 10.5. The number of benzene rings is 1. The molecule has 1 N–H and O–H groups in total. The summed E-state index contributed by atoms with van der Waals surface area (Å²) >= 11 is 0. The Morgan fingerprint density at radius 1 is 1.27 bits per heavy atom. The zero-order chi connectivity index (χ0) is 15.9. The average Bonchev–Trinajstić information content (AvgIpc) is 2.84. The van der Waals surface area contributed by atoms with Crippen molar-refractivity contribution in [2.45, 2.75) is 26.7 Å². The molecule has 0 unspecified atom stereocenters. The SMILES string of the molecule is Cc1noc(C)c1CCC(=O)NCCN(C)c1ccccc1. The van der Waals surface area contributed by atoms with Crippen LogP contribution in [0.25, 0.3) is 0 Å². The second-order valence-electron chi connectivity index (χ2n) is 5.41. The summed E-state index contributed by atoms with van der Waals surface area (Å²) in [6.07, 6.45) is 1.12. The van der Waals surface area contributed by atoms with Gasteiger partial charge in [0.1, 0.15) is 5.76 Å². The Bertz CT molecular complexity index is 588. The molecule has 22 heavy (non-hydrogen) atoms. The van der Waals surface area contributed by atoms with Crippen molar-refractivity contribution in [2.75, 3.05) is 25.0 Å². The van der Waals surface area contributed by atoms with Gasteiger partial charge < -0.3 is 14.7 Å². The Hall–Kier alpha value is -2.30. The predicted octanol–water partition coefficient (Wildman–Crippen LogP) is 2.48. The van der Waals surface area contributed by atoms with Crippen LogP contribution in [-0.2, 0) is 11.2 Å². The third-order valence-electron chi connectivity index (χ3n) is 3.75. The lowest BCUT2D eigenvalue weighted by molar-refractivity contribution is -0.120. The molecule has 0 radical (unpaired) electrons. The van der Waals surface area contributed by atoms with E-state index in [4.69, 9.17) is 4.52 Å². The van der Waals surface area contributed by atoms with E-state index in [1.165, 1.54) is 0 Å². The topological polar surface area (TPSA) is 58.4 Å². The molecule has 0 atom stereocenters. The van der Waals surface area contributed by atoms with E-state index < -0.39 is 0 Å². The van der Waals surface area contributed by atoms with Gasteiger partial charge in [0.05, 0.1) is 5.69 Å². The quantitative estimate of drug-likeness (QED) is 0.853. The van der Waals surface area contributed by atoms with Gasteiger partial charge in [-0.2, -0.15) is 0 Å². The number of hydrogen-bond acceptors (Lipinski definition) is 4. The van der Waals surface area contributed by atoms with Crippen molar-refractivity contribution >= 4 is 11.6 Å². The number of likely N-dealkylation sites (N-methyl/N-ethyl adjacent to an activating group) is 1. The Balaban J connectivity index is 1.70. The van der Waals surface area contributed by atoms with Crippen LogP contribution in [0.3, 0.4) is 0 Å². The van der Waals surface area contributed by atoms with Crippen LogP contribution in [0, 0.1) is 13.8 Å². The minimum Gasteiger partial charge on any atom is -0.373 e. The number of aryl methyl sites for hydroxylation is 2. The Labute approximate surface area is 131 Å². The van der Waals surface area contributed by atoms with Gasteiger partial charge in [0.15, 0.2) is 0 Å². The number of nitrogens with one attached hydrogen (secondary N) is 1. The molecule has 0 spiro atoms. The molecule has 1 aromatic heterocycles. The molecule has 0 aliphatic heterocycles. The number of carbonyl (C=O) groups is 1. The fraction of sp³-hybridized carbons (Fsp3) is 0.412. The van der Waals surface area contributed by atoms with Crippen molar-refractivity contribution in [1.82, 2.24) is 10.5 Å². The van der Waals surface area contributed by atoms with Gasteiger partial charge in [0.2, 0.25) is 5.91 Å². The monoisotopic (exact) mass is 301 g/mol. The minimum absolute atomic E-state index is 0.0569. The largest absolute Gasteiger partial charge is 0.373 e. The van der Waals surface area contributed by atoms with Crippen LogP contribution in [0.15, 0.2) is 34.9 Å². The van der Waals surface area contributed by atoms with Gasteiger partial charge in [-0.05, 0) is 32.4 Å². The molecular weight excluding hydrogens is 278 g/mol. The van der Waals surface area contributed by atoms with Crippen molar-refractivity contribution in [3.05, 3.63) is 47.3 Å². The van der Waals surface area contributed by atoms with E-state index in [0.29, 0.717) is 19.4 Å². The molecule has 0 aliphatic rings. The fourth-order valence-electron chi connectivity index (χ4n) is 2.36. The Kier molecular flexibility index (Phi) is 5.58. The van der Waals surface area contributed by atoms with E-state index in [-0.39, 0.29) is 5.91 Å². The summed E-state index contributed by atoms with van der Waals surface area (Å²) in [4.78, 5) is 14.0. The third-order valence-corrected chi connectivity index (χ3v) is 3.75. The van der Waals surface area contributed by atoms with Crippen molar-refractivity contribution < 1.29 is 9.32 Å². The van der Waals surface area contributed by atoms with Crippen LogP contribution in [0.5, 0.6) is 0 Å². The van der Waals surface area contributed by atoms with E-state index in [1.807, 2.05) is 39.1 Å². The average molecular weight is 301 g/mol. The Morgan fingerprint density at radius 2 is 2.00 bits per heavy atom.